The van der Waals surface area contributed by atoms with Gasteiger partial charge < -0.3 is 15.7 Å². The van der Waals surface area contributed by atoms with E-state index in [1.807, 2.05) is 61.5 Å². The van der Waals surface area contributed by atoms with Crippen LogP contribution in [0.5, 0.6) is 0 Å². The Morgan fingerprint density at radius 1 is 1.03 bits per heavy atom. The van der Waals surface area contributed by atoms with Gasteiger partial charge >= 0.3 is 5.97 Å². The zero-order chi connectivity index (χ0) is 23.1. The number of carbonyl (C=O) groups is 3. The maximum absolute atomic E-state index is 12.7. The van der Waals surface area contributed by atoms with Crippen molar-refractivity contribution >= 4 is 63.5 Å². The van der Waals surface area contributed by atoms with Crippen molar-refractivity contribution < 1.29 is 19.5 Å². The van der Waals surface area contributed by atoms with Crippen molar-refractivity contribution in [1.82, 2.24) is 0 Å². The molecule has 0 spiro atoms. The van der Waals surface area contributed by atoms with Gasteiger partial charge in [0, 0.05) is 19.8 Å². The molecule has 0 saturated heterocycles. The molecule has 0 bridgehead atoms. The monoisotopic (exact) mass is 564 g/mol. The Hall–Kier alpha value is -2.33. The fourth-order valence-corrected chi connectivity index (χ4v) is 4.87. The summed E-state index contributed by atoms with van der Waals surface area (Å²) in [5.74, 6) is -2.65. The Morgan fingerprint density at radius 3 is 2.38 bits per heavy atom. The summed E-state index contributed by atoms with van der Waals surface area (Å²) in [6.07, 6.45) is 5.08. The van der Waals surface area contributed by atoms with Gasteiger partial charge in [-0.3, -0.25) is 14.4 Å². The number of carbonyl (C=O) groups excluding carboxylic acids is 2. The fraction of sp³-hybridized carbons (Fsp3) is 0.292. The van der Waals surface area contributed by atoms with E-state index in [9.17, 15) is 19.5 Å². The third-order valence-corrected chi connectivity index (χ3v) is 7.32. The van der Waals surface area contributed by atoms with E-state index in [1.165, 1.54) is 11.8 Å². The molecule has 2 aromatic carbocycles. The van der Waals surface area contributed by atoms with E-state index in [2.05, 4.69) is 33.2 Å². The average Bonchev–Trinajstić information content (AvgIpc) is 2.79. The van der Waals surface area contributed by atoms with Crippen molar-refractivity contribution in [3.8, 4) is 0 Å². The molecule has 0 saturated carbocycles. The van der Waals surface area contributed by atoms with Crippen LogP contribution in [0.3, 0.4) is 0 Å². The van der Waals surface area contributed by atoms with Gasteiger partial charge in [0.15, 0.2) is 0 Å². The maximum atomic E-state index is 12.7. The highest BCUT2D eigenvalue weighted by atomic mass is 127. The lowest BCUT2D eigenvalue weighted by atomic mass is 9.82. The quantitative estimate of drug-likeness (QED) is 0.227. The first kappa shape index (κ1) is 24.3. The first-order valence-electron chi connectivity index (χ1n) is 10.4. The summed E-state index contributed by atoms with van der Waals surface area (Å²) in [5, 5.41) is 14.9. The smallest absolute Gasteiger partial charge is 0.307 e. The molecular formula is C24H25IN2O4S. The van der Waals surface area contributed by atoms with Crippen molar-refractivity contribution in [3.05, 3.63) is 64.3 Å². The molecule has 3 atom stereocenters. The van der Waals surface area contributed by atoms with E-state index >= 15 is 0 Å². The molecule has 8 heteroatoms. The van der Waals surface area contributed by atoms with Crippen LogP contribution in [0.15, 0.2) is 65.6 Å². The number of halogens is 1. The minimum absolute atomic E-state index is 0.0774. The number of aliphatic carboxylic acids is 1. The molecule has 0 aromatic heterocycles. The molecule has 0 aliphatic heterocycles. The first-order chi connectivity index (χ1) is 15.4. The molecule has 0 fully saturated rings. The minimum Gasteiger partial charge on any atom is -0.481 e. The number of nitrogens with one attached hydrogen (secondary N) is 2. The van der Waals surface area contributed by atoms with E-state index in [0.717, 1.165) is 14.2 Å². The van der Waals surface area contributed by atoms with E-state index in [0.29, 0.717) is 24.9 Å². The number of hydrogen-bond donors (Lipinski definition) is 3. The molecule has 3 N–H and O–H groups in total. The topological polar surface area (TPSA) is 95.5 Å². The largest absolute Gasteiger partial charge is 0.481 e. The van der Waals surface area contributed by atoms with E-state index in [4.69, 9.17) is 0 Å². The highest BCUT2D eigenvalue weighted by molar-refractivity contribution is 14.1. The zero-order valence-corrected chi connectivity index (χ0v) is 20.6. The van der Waals surface area contributed by atoms with Gasteiger partial charge in [-0.2, -0.15) is 0 Å². The second-order valence-electron chi connectivity index (χ2n) is 7.52. The van der Waals surface area contributed by atoms with Crippen LogP contribution in [0.2, 0.25) is 0 Å². The molecule has 0 radical (unpaired) electrons. The molecule has 2 aromatic rings. The molecular weight excluding hydrogens is 539 g/mol. The molecule has 1 aliphatic rings. The lowest BCUT2D eigenvalue weighted by Crippen LogP contribution is -2.34. The summed E-state index contributed by atoms with van der Waals surface area (Å²) in [4.78, 5) is 37.8. The number of benzene rings is 2. The molecule has 3 rings (SSSR count). The van der Waals surface area contributed by atoms with Gasteiger partial charge in [0.2, 0.25) is 11.8 Å². The zero-order valence-electron chi connectivity index (χ0n) is 17.6. The van der Waals surface area contributed by atoms with Crippen LogP contribution in [-0.2, 0) is 14.4 Å². The lowest BCUT2D eigenvalue weighted by Gasteiger charge is -2.24. The molecule has 3 unspecified atom stereocenters. The lowest BCUT2D eigenvalue weighted by molar-refractivity contribution is -0.146. The minimum atomic E-state index is -0.955. The van der Waals surface area contributed by atoms with E-state index in [1.54, 1.807) is 6.07 Å². The molecule has 0 heterocycles. The van der Waals surface area contributed by atoms with E-state index in [-0.39, 0.29) is 17.1 Å². The number of carboxylic acid groups (broad SMARTS) is 1. The van der Waals surface area contributed by atoms with Gasteiger partial charge in [0.25, 0.3) is 0 Å². The van der Waals surface area contributed by atoms with Crippen LogP contribution in [0.4, 0.5) is 11.4 Å². The number of hydrogen-bond acceptors (Lipinski definition) is 4. The van der Waals surface area contributed by atoms with Gasteiger partial charge in [-0.1, -0.05) is 25.1 Å². The third kappa shape index (κ3) is 6.59. The normalized spacial score (nSPS) is 18.6. The summed E-state index contributed by atoms with van der Waals surface area (Å²) in [7, 11) is 0. The Labute approximate surface area is 205 Å². The van der Waals surface area contributed by atoms with Crippen LogP contribution in [0, 0.1) is 15.4 Å². The number of thioether (sulfide) groups is 1. The fourth-order valence-electron chi connectivity index (χ4n) is 3.50. The van der Waals surface area contributed by atoms with Crippen LogP contribution < -0.4 is 10.6 Å². The highest BCUT2D eigenvalue weighted by Gasteiger charge is 2.34. The Balaban J connectivity index is 1.64. The number of rotatable bonds is 8. The highest BCUT2D eigenvalue weighted by Crippen LogP contribution is 2.30. The van der Waals surface area contributed by atoms with Gasteiger partial charge in [-0.05, 0) is 84.3 Å². The van der Waals surface area contributed by atoms with Crippen molar-refractivity contribution in [2.45, 2.75) is 36.3 Å². The van der Waals surface area contributed by atoms with E-state index < -0.39 is 17.8 Å². The van der Waals surface area contributed by atoms with Gasteiger partial charge in [0.1, 0.15) is 0 Å². The predicted molar refractivity (Wildman–Crippen MR) is 136 cm³/mol. The molecule has 1 aliphatic carbocycles. The molecule has 6 nitrogen and oxygen atoms in total. The van der Waals surface area contributed by atoms with Crippen molar-refractivity contribution in [1.29, 1.82) is 0 Å². The predicted octanol–water partition coefficient (Wildman–Crippen LogP) is 5.41. The van der Waals surface area contributed by atoms with Crippen molar-refractivity contribution in [2.75, 3.05) is 10.6 Å². The summed E-state index contributed by atoms with van der Waals surface area (Å²) < 4.78 is 1.10. The first-order valence-corrected chi connectivity index (χ1v) is 12.3. The Bertz CT molecular complexity index is 1010. The summed E-state index contributed by atoms with van der Waals surface area (Å²) in [6.45, 7) is 1.96. The van der Waals surface area contributed by atoms with Crippen LogP contribution in [-0.4, -0.2) is 28.1 Å². The number of amides is 2. The second kappa shape index (κ2) is 11.5. The Kier molecular flexibility index (Phi) is 8.75. The van der Waals surface area contributed by atoms with Gasteiger partial charge in [-0.25, -0.2) is 0 Å². The van der Waals surface area contributed by atoms with Crippen LogP contribution in [0.1, 0.15) is 26.2 Å². The SMILES string of the molecule is CCC(Sc1cccc(NC(=O)C2CC=CCC2C(=O)O)c1)C(=O)Nc1ccc(I)cc1. The van der Waals surface area contributed by atoms with Crippen molar-refractivity contribution in [3.63, 3.8) is 0 Å². The molecule has 32 heavy (non-hydrogen) atoms. The number of anilines is 2. The Morgan fingerprint density at radius 2 is 1.72 bits per heavy atom. The van der Waals surface area contributed by atoms with Crippen molar-refractivity contribution in [2.24, 2.45) is 11.8 Å². The molecule has 168 valence electrons. The number of carboxylic acids is 1. The van der Waals surface area contributed by atoms with Crippen LogP contribution >= 0.6 is 34.4 Å². The number of allylic oxidation sites excluding steroid dienone is 2. The van der Waals surface area contributed by atoms with Gasteiger partial charge in [-0.15, -0.1) is 11.8 Å². The summed E-state index contributed by atoms with van der Waals surface area (Å²) >= 11 is 3.65. The van der Waals surface area contributed by atoms with Gasteiger partial charge in [0.05, 0.1) is 17.1 Å². The van der Waals surface area contributed by atoms with Crippen LogP contribution in [0.25, 0.3) is 0 Å². The maximum Gasteiger partial charge on any atom is 0.307 e. The third-order valence-electron chi connectivity index (χ3n) is 5.24. The summed E-state index contributed by atoms with van der Waals surface area (Å²) in [6, 6.07) is 14.9. The summed E-state index contributed by atoms with van der Waals surface area (Å²) in [5.41, 5.74) is 1.34. The second-order valence-corrected chi connectivity index (χ2v) is 10.0. The molecule has 2 amide bonds. The standard InChI is InChI=1S/C24H25IN2O4S/c1-2-21(23(29)26-16-12-10-15(25)11-13-16)32-18-7-5-6-17(14-18)27-22(28)19-8-3-4-9-20(19)24(30)31/h3-7,10-14,19-21H,2,8-9H2,1H3,(H,26,29)(H,27,28)(H,30,31). The average molecular weight is 564 g/mol.